The molecule has 2 rings (SSSR count). The Morgan fingerprint density at radius 3 is 1.95 bits per heavy atom. The van der Waals surface area contributed by atoms with Gasteiger partial charge in [0, 0.05) is 24.5 Å². The van der Waals surface area contributed by atoms with Crippen molar-refractivity contribution in [2.75, 3.05) is 0 Å². The Labute approximate surface area is 113 Å². The number of imidazole rings is 1. The summed E-state index contributed by atoms with van der Waals surface area (Å²) in [5.74, 6) is 0. The van der Waals surface area contributed by atoms with Crippen LogP contribution in [0, 0.1) is 20.2 Å². The van der Waals surface area contributed by atoms with E-state index in [1.54, 1.807) is 0 Å². The summed E-state index contributed by atoms with van der Waals surface area (Å²) in [6.07, 6.45) is -1.58. The zero-order valence-corrected chi connectivity index (χ0v) is 9.94. The molecule has 8 nitrogen and oxygen atoms in total. The molecule has 0 N–H and O–H groups in total. The first-order valence-electron chi connectivity index (χ1n) is 5.24. The molecule has 11 heteroatoms. The zero-order chi connectivity index (χ0) is 15.8. The summed E-state index contributed by atoms with van der Waals surface area (Å²) in [4.78, 5) is 23.2. The van der Waals surface area contributed by atoms with E-state index in [1.165, 1.54) is 6.20 Å². The highest BCUT2D eigenvalue weighted by atomic mass is 19.4. The van der Waals surface area contributed by atoms with Crippen molar-refractivity contribution in [1.82, 2.24) is 9.55 Å². The third kappa shape index (κ3) is 2.66. The van der Waals surface area contributed by atoms with Crippen LogP contribution < -0.4 is 0 Å². The number of rotatable bonds is 3. The van der Waals surface area contributed by atoms with E-state index in [0.717, 1.165) is 17.1 Å². The molecular weight excluding hydrogens is 297 g/mol. The Bertz CT molecular complexity index is 677. The fourth-order valence-electron chi connectivity index (χ4n) is 1.70. The number of nitro groups is 2. The first kappa shape index (κ1) is 14.4. The van der Waals surface area contributed by atoms with E-state index in [-0.39, 0.29) is 12.1 Å². The number of hydrogen-bond donors (Lipinski definition) is 0. The van der Waals surface area contributed by atoms with E-state index < -0.39 is 38.6 Å². The van der Waals surface area contributed by atoms with Crippen molar-refractivity contribution >= 4 is 11.4 Å². The number of benzene rings is 1. The minimum Gasteiger partial charge on any atom is -0.294 e. The molecule has 0 aliphatic rings. The van der Waals surface area contributed by atoms with Crippen LogP contribution in [0.5, 0.6) is 0 Å². The maximum atomic E-state index is 12.7. The lowest BCUT2D eigenvalue weighted by Gasteiger charge is -2.10. The van der Waals surface area contributed by atoms with Crippen molar-refractivity contribution in [3.05, 3.63) is 56.6 Å². The van der Waals surface area contributed by atoms with E-state index in [9.17, 15) is 33.4 Å². The standard InChI is InChI=1S/C10H5F3N4O4/c11-10(12,13)6-3-7(16(18)19)9(8(4-6)17(20)21)15-2-1-14-5-15/h1-5H. The average molecular weight is 302 g/mol. The van der Waals surface area contributed by atoms with E-state index in [0.29, 0.717) is 0 Å². The maximum Gasteiger partial charge on any atom is 0.416 e. The molecule has 1 aromatic carbocycles. The SMILES string of the molecule is O=[N+]([O-])c1cc(C(F)(F)F)cc([N+](=O)[O-])c1-n1ccnc1. The summed E-state index contributed by atoms with van der Waals surface area (Å²) in [5, 5.41) is 21.9. The molecule has 0 aliphatic heterocycles. The molecule has 0 amide bonds. The topological polar surface area (TPSA) is 104 Å². The number of aromatic nitrogens is 2. The van der Waals surface area contributed by atoms with E-state index in [2.05, 4.69) is 4.98 Å². The van der Waals surface area contributed by atoms with Crippen LogP contribution in [-0.2, 0) is 6.18 Å². The second-order valence-corrected chi connectivity index (χ2v) is 3.85. The van der Waals surface area contributed by atoms with Gasteiger partial charge in [0.05, 0.1) is 21.7 Å². The summed E-state index contributed by atoms with van der Waals surface area (Å²) in [5.41, 5.74) is -4.12. The van der Waals surface area contributed by atoms with Crippen LogP contribution in [-0.4, -0.2) is 19.4 Å². The molecule has 0 unspecified atom stereocenters. The van der Waals surface area contributed by atoms with Crippen LogP contribution in [0.3, 0.4) is 0 Å². The van der Waals surface area contributed by atoms with Crippen LogP contribution >= 0.6 is 0 Å². The van der Waals surface area contributed by atoms with Crippen molar-refractivity contribution in [2.24, 2.45) is 0 Å². The Kier molecular flexibility index (Phi) is 3.33. The minimum atomic E-state index is -4.94. The molecule has 0 radical (unpaired) electrons. The Hall–Kier alpha value is -2.98. The molecule has 0 fully saturated rings. The van der Waals surface area contributed by atoms with Gasteiger partial charge < -0.3 is 0 Å². The molecule has 0 atom stereocenters. The number of nitro benzene ring substituents is 2. The van der Waals surface area contributed by atoms with Gasteiger partial charge in [0.25, 0.3) is 0 Å². The van der Waals surface area contributed by atoms with Crippen molar-refractivity contribution < 1.29 is 23.0 Å². The quantitative estimate of drug-likeness (QED) is 0.640. The molecule has 0 saturated carbocycles. The summed E-state index contributed by atoms with van der Waals surface area (Å²) < 4.78 is 39.0. The van der Waals surface area contributed by atoms with Gasteiger partial charge in [-0.25, -0.2) is 4.98 Å². The third-order valence-corrected chi connectivity index (χ3v) is 2.55. The minimum absolute atomic E-state index is 0.252. The lowest BCUT2D eigenvalue weighted by molar-refractivity contribution is -0.394. The molecular formula is C10H5F3N4O4. The zero-order valence-electron chi connectivity index (χ0n) is 9.94. The highest BCUT2D eigenvalue weighted by Crippen LogP contribution is 2.39. The molecule has 21 heavy (non-hydrogen) atoms. The van der Waals surface area contributed by atoms with Gasteiger partial charge in [-0.1, -0.05) is 0 Å². The van der Waals surface area contributed by atoms with E-state index in [1.807, 2.05) is 0 Å². The number of alkyl halides is 3. The van der Waals surface area contributed by atoms with Gasteiger partial charge in [0.2, 0.25) is 5.69 Å². The first-order valence-corrected chi connectivity index (χ1v) is 5.24. The van der Waals surface area contributed by atoms with Crippen LogP contribution in [0.25, 0.3) is 5.69 Å². The smallest absolute Gasteiger partial charge is 0.294 e. The molecule has 0 spiro atoms. The van der Waals surface area contributed by atoms with Gasteiger partial charge in [-0.3, -0.25) is 24.8 Å². The molecule has 0 saturated heterocycles. The second kappa shape index (κ2) is 4.85. The highest BCUT2D eigenvalue weighted by Gasteiger charge is 2.38. The van der Waals surface area contributed by atoms with Gasteiger partial charge in [-0.05, 0) is 0 Å². The van der Waals surface area contributed by atoms with Crippen molar-refractivity contribution in [2.45, 2.75) is 6.18 Å². The van der Waals surface area contributed by atoms with Crippen LogP contribution in [0.15, 0.2) is 30.9 Å². The Morgan fingerprint density at radius 2 is 1.62 bits per heavy atom. The first-order chi connectivity index (χ1) is 9.71. The fraction of sp³-hybridized carbons (Fsp3) is 0.100. The summed E-state index contributed by atoms with van der Waals surface area (Å²) in [6, 6.07) is 0.505. The summed E-state index contributed by atoms with van der Waals surface area (Å²) in [7, 11) is 0. The van der Waals surface area contributed by atoms with Crippen LogP contribution in [0.1, 0.15) is 5.56 Å². The molecule has 110 valence electrons. The fourth-order valence-corrected chi connectivity index (χ4v) is 1.70. The summed E-state index contributed by atoms with van der Waals surface area (Å²) >= 11 is 0. The molecule has 1 aromatic heterocycles. The molecule has 2 aromatic rings. The normalized spacial score (nSPS) is 11.4. The number of halogens is 3. The lowest BCUT2D eigenvalue weighted by Crippen LogP contribution is -2.10. The van der Waals surface area contributed by atoms with Gasteiger partial charge in [-0.15, -0.1) is 0 Å². The second-order valence-electron chi connectivity index (χ2n) is 3.85. The van der Waals surface area contributed by atoms with Crippen molar-refractivity contribution in [3.63, 3.8) is 0 Å². The average Bonchev–Trinajstić information content (AvgIpc) is 2.89. The summed E-state index contributed by atoms with van der Waals surface area (Å²) in [6.45, 7) is 0. The molecule has 0 bridgehead atoms. The third-order valence-electron chi connectivity index (χ3n) is 2.55. The van der Waals surface area contributed by atoms with Gasteiger partial charge in [-0.2, -0.15) is 13.2 Å². The van der Waals surface area contributed by atoms with Crippen molar-refractivity contribution in [1.29, 1.82) is 0 Å². The van der Waals surface area contributed by atoms with E-state index >= 15 is 0 Å². The van der Waals surface area contributed by atoms with Crippen LogP contribution in [0.4, 0.5) is 24.5 Å². The molecule has 0 aliphatic carbocycles. The lowest BCUT2D eigenvalue weighted by atomic mass is 10.1. The van der Waals surface area contributed by atoms with Gasteiger partial charge in [0.15, 0.2) is 0 Å². The Balaban J connectivity index is 2.85. The highest BCUT2D eigenvalue weighted by molar-refractivity contribution is 5.67. The van der Waals surface area contributed by atoms with Gasteiger partial charge >= 0.3 is 17.6 Å². The van der Waals surface area contributed by atoms with Crippen molar-refractivity contribution in [3.8, 4) is 5.69 Å². The predicted octanol–water partition coefficient (Wildman–Crippen LogP) is 2.71. The molecule has 1 heterocycles. The number of hydrogen-bond acceptors (Lipinski definition) is 5. The largest absolute Gasteiger partial charge is 0.416 e. The Morgan fingerprint density at radius 1 is 1.10 bits per heavy atom. The van der Waals surface area contributed by atoms with Gasteiger partial charge in [0.1, 0.15) is 0 Å². The maximum absolute atomic E-state index is 12.7. The predicted molar refractivity (Wildman–Crippen MR) is 61.9 cm³/mol. The number of nitrogens with zero attached hydrogens (tertiary/aromatic N) is 4. The van der Waals surface area contributed by atoms with E-state index in [4.69, 9.17) is 0 Å². The van der Waals surface area contributed by atoms with Crippen LogP contribution in [0.2, 0.25) is 0 Å². The monoisotopic (exact) mass is 302 g/mol.